The second-order valence-electron chi connectivity index (χ2n) is 5.39. The first kappa shape index (κ1) is 18.8. The van der Waals surface area contributed by atoms with E-state index in [0.717, 1.165) is 22.9 Å². The van der Waals surface area contributed by atoms with Crippen LogP contribution in [0.3, 0.4) is 0 Å². The number of hydrogen-bond acceptors (Lipinski definition) is 7. The zero-order chi connectivity index (χ0) is 18.4. The van der Waals surface area contributed by atoms with Crippen LogP contribution in [0.4, 0.5) is 0 Å². The van der Waals surface area contributed by atoms with E-state index in [2.05, 4.69) is 15.5 Å². The standard InChI is InChI=1S/C16H19N3O5S/c1-9-4-5-10(2)12(6-9)23-11(3)15(22)17-7-13-18-19-16(24-13)25-8-14(20)21/h4-6,11H,7-8H2,1-3H3,(H,17,22)(H,20,21). The van der Waals surface area contributed by atoms with Crippen molar-refractivity contribution < 1.29 is 23.8 Å². The molecule has 0 spiro atoms. The minimum atomic E-state index is -0.976. The fraction of sp³-hybridized carbons (Fsp3) is 0.375. The van der Waals surface area contributed by atoms with Crippen LogP contribution in [0.5, 0.6) is 5.75 Å². The molecule has 0 aliphatic heterocycles. The number of carbonyl (C=O) groups is 2. The smallest absolute Gasteiger partial charge is 0.314 e. The third-order valence-electron chi connectivity index (χ3n) is 3.20. The van der Waals surface area contributed by atoms with Crippen molar-refractivity contribution in [1.29, 1.82) is 0 Å². The number of amides is 1. The number of nitrogens with one attached hydrogen (secondary N) is 1. The zero-order valence-corrected chi connectivity index (χ0v) is 14.9. The maximum atomic E-state index is 12.1. The summed E-state index contributed by atoms with van der Waals surface area (Å²) in [5.74, 6) is -0.614. The molecule has 25 heavy (non-hydrogen) atoms. The van der Waals surface area contributed by atoms with Crippen molar-refractivity contribution in [2.75, 3.05) is 5.75 Å². The second kappa shape index (κ2) is 8.52. The van der Waals surface area contributed by atoms with Crippen LogP contribution in [0, 0.1) is 13.8 Å². The Morgan fingerprint density at radius 3 is 2.84 bits per heavy atom. The molecule has 9 heteroatoms. The Morgan fingerprint density at radius 1 is 1.36 bits per heavy atom. The van der Waals surface area contributed by atoms with Crippen LogP contribution < -0.4 is 10.1 Å². The van der Waals surface area contributed by atoms with E-state index in [4.69, 9.17) is 14.3 Å². The molecule has 0 saturated heterocycles. The van der Waals surface area contributed by atoms with E-state index in [1.54, 1.807) is 6.92 Å². The number of rotatable bonds is 8. The van der Waals surface area contributed by atoms with Crippen LogP contribution in [0.15, 0.2) is 27.8 Å². The maximum absolute atomic E-state index is 12.1. The molecule has 2 N–H and O–H groups in total. The van der Waals surface area contributed by atoms with Gasteiger partial charge in [0.05, 0.1) is 6.54 Å². The molecule has 0 bridgehead atoms. The van der Waals surface area contributed by atoms with E-state index >= 15 is 0 Å². The highest BCUT2D eigenvalue weighted by Crippen LogP contribution is 2.20. The van der Waals surface area contributed by atoms with Crippen molar-refractivity contribution in [2.24, 2.45) is 0 Å². The molecule has 2 aromatic rings. The Labute approximate surface area is 149 Å². The molecule has 1 aromatic carbocycles. The molecule has 2 rings (SSSR count). The minimum absolute atomic E-state index is 0.0416. The van der Waals surface area contributed by atoms with Crippen LogP contribution in [0.2, 0.25) is 0 Å². The summed E-state index contributed by atoms with van der Waals surface area (Å²) < 4.78 is 10.9. The van der Waals surface area contributed by atoms with Gasteiger partial charge >= 0.3 is 5.97 Å². The van der Waals surface area contributed by atoms with Gasteiger partial charge in [-0.15, -0.1) is 10.2 Å². The maximum Gasteiger partial charge on any atom is 0.314 e. The lowest BCUT2D eigenvalue weighted by Gasteiger charge is -2.16. The van der Waals surface area contributed by atoms with Crippen molar-refractivity contribution in [3.63, 3.8) is 0 Å². The normalized spacial score (nSPS) is 11.8. The fourth-order valence-corrected chi connectivity index (χ4v) is 2.38. The number of hydrogen-bond donors (Lipinski definition) is 2. The number of aromatic nitrogens is 2. The molecule has 1 amide bonds. The number of carboxylic acids is 1. The predicted octanol–water partition coefficient (Wildman–Crippen LogP) is 1.95. The number of nitrogens with zero attached hydrogens (tertiary/aromatic N) is 2. The third kappa shape index (κ3) is 5.79. The van der Waals surface area contributed by atoms with Gasteiger partial charge in [-0.2, -0.15) is 0 Å². The van der Waals surface area contributed by atoms with Crippen LogP contribution in [0.1, 0.15) is 23.9 Å². The lowest BCUT2D eigenvalue weighted by molar-refractivity contribution is -0.134. The topological polar surface area (TPSA) is 115 Å². The molecule has 1 unspecified atom stereocenters. The number of thioether (sulfide) groups is 1. The van der Waals surface area contributed by atoms with E-state index in [1.807, 2.05) is 32.0 Å². The van der Waals surface area contributed by atoms with E-state index < -0.39 is 12.1 Å². The molecule has 134 valence electrons. The summed E-state index contributed by atoms with van der Waals surface area (Å²) in [6, 6.07) is 5.79. The van der Waals surface area contributed by atoms with Gasteiger partial charge in [0.2, 0.25) is 5.89 Å². The Balaban J connectivity index is 1.85. The highest BCUT2D eigenvalue weighted by molar-refractivity contribution is 7.99. The van der Waals surface area contributed by atoms with E-state index in [1.165, 1.54) is 0 Å². The molecule has 1 aromatic heterocycles. The zero-order valence-electron chi connectivity index (χ0n) is 14.1. The quantitative estimate of drug-likeness (QED) is 0.682. The number of carboxylic acid groups (broad SMARTS) is 1. The van der Waals surface area contributed by atoms with Gasteiger partial charge in [-0.25, -0.2) is 0 Å². The first-order valence-corrected chi connectivity index (χ1v) is 8.52. The van der Waals surface area contributed by atoms with Gasteiger partial charge in [0, 0.05) is 0 Å². The highest BCUT2D eigenvalue weighted by atomic mass is 32.2. The number of aliphatic carboxylic acids is 1. The predicted molar refractivity (Wildman–Crippen MR) is 90.5 cm³/mol. The average molecular weight is 365 g/mol. The molecular weight excluding hydrogens is 346 g/mol. The van der Waals surface area contributed by atoms with Crippen molar-refractivity contribution in [2.45, 2.75) is 38.6 Å². The molecule has 1 atom stereocenters. The molecule has 0 aliphatic rings. The molecule has 0 aliphatic carbocycles. The van der Waals surface area contributed by atoms with Crippen molar-refractivity contribution in [1.82, 2.24) is 15.5 Å². The summed E-state index contributed by atoms with van der Waals surface area (Å²) in [5.41, 5.74) is 1.99. The van der Waals surface area contributed by atoms with Crippen LogP contribution in [-0.2, 0) is 16.1 Å². The summed E-state index contributed by atoms with van der Waals surface area (Å²) in [6.07, 6.45) is -0.690. The number of carbonyl (C=O) groups excluding carboxylic acids is 1. The Hall–Kier alpha value is -2.55. The molecule has 0 fully saturated rings. The van der Waals surface area contributed by atoms with Gasteiger partial charge in [-0.05, 0) is 38.0 Å². The van der Waals surface area contributed by atoms with Crippen LogP contribution >= 0.6 is 11.8 Å². The van der Waals surface area contributed by atoms with Crippen molar-refractivity contribution in [3.8, 4) is 5.75 Å². The average Bonchev–Trinajstić information content (AvgIpc) is 3.02. The fourth-order valence-electron chi connectivity index (χ4n) is 1.88. The molecule has 0 radical (unpaired) electrons. The monoisotopic (exact) mass is 365 g/mol. The summed E-state index contributed by atoms with van der Waals surface area (Å²) in [4.78, 5) is 22.6. The van der Waals surface area contributed by atoms with Crippen LogP contribution in [-0.4, -0.2) is 39.0 Å². The van der Waals surface area contributed by atoms with Crippen molar-refractivity contribution >= 4 is 23.6 Å². The molecule has 1 heterocycles. The summed E-state index contributed by atoms with van der Waals surface area (Å²) in [6.45, 7) is 5.56. The lowest BCUT2D eigenvalue weighted by Crippen LogP contribution is -2.36. The van der Waals surface area contributed by atoms with Gasteiger partial charge in [0.15, 0.2) is 6.10 Å². The van der Waals surface area contributed by atoms with Gasteiger partial charge < -0.3 is 19.6 Å². The number of ether oxygens (including phenoxy) is 1. The highest BCUT2D eigenvalue weighted by Gasteiger charge is 2.17. The van der Waals surface area contributed by atoms with E-state index in [0.29, 0.717) is 5.75 Å². The number of benzene rings is 1. The van der Waals surface area contributed by atoms with E-state index in [-0.39, 0.29) is 29.3 Å². The lowest BCUT2D eigenvalue weighted by atomic mass is 10.1. The Kier molecular flexibility index (Phi) is 6.40. The SMILES string of the molecule is Cc1ccc(C)c(OC(C)C(=O)NCc2nnc(SCC(=O)O)o2)c1. The molecule has 0 saturated carbocycles. The van der Waals surface area contributed by atoms with Gasteiger partial charge in [0.1, 0.15) is 11.5 Å². The first-order chi connectivity index (χ1) is 11.8. The van der Waals surface area contributed by atoms with Crippen LogP contribution in [0.25, 0.3) is 0 Å². The molecule has 8 nitrogen and oxygen atoms in total. The summed E-state index contributed by atoms with van der Waals surface area (Å²) >= 11 is 0.917. The van der Waals surface area contributed by atoms with E-state index in [9.17, 15) is 9.59 Å². The van der Waals surface area contributed by atoms with Gasteiger partial charge in [0.25, 0.3) is 11.1 Å². The van der Waals surface area contributed by atoms with Gasteiger partial charge in [-0.3, -0.25) is 9.59 Å². The minimum Gasteiger partial charge on any atom is -0.481 e. The van der Waals surface area contributed by atoms with Crippen molar-refractivity contribution in [3.05, 3.63) is 35.2 Å². The Bertz CT molecular complexity index is 762. The number of aryl methyl sites for hydroxylation is 2. The van der Waals surface area contributed by atoms with Gasteiger partial charge in [-0.1, -0.05) is 23.9 Å². The second-order valence-corrected chi connectivity index (χ2v) is 6.32. The summed E-state index contributed by atoms with van der Waals surface area (Å²) in [5, 5.41) is 18.8. The Morgan fingerprint density at radius 2 is 2.12 bits per heavy atom. The largest absolute Gasteiger partial charge is 0.481 e. The third-order valence-corrected chi connectivity index (χ3v) is 4.00. The first-order valence-electron chi connectivity index (χ1n) is 7.53. The summed E-state index contributed by atoms with van der Waals surface area (Å²) in [7, 11) is 0. The molecular formula is C16H19N3O5S.